The van der Waals surface area contributed by atoms with Crippen LogP contribution in [0.2, 0.25) is 20.1 Å². The van der Waals surface area contributed by atoms with Crippen LogP contribution >= 0.6 is 46.4 Å². The molecule has 0 spiro atoms. The smallest absolute Gasteiger partial charge is 0.417 e. The van der Waals surface area contributed by atoms with Crippen LogP contribution in [-0.4, -0.2) is 100 Å². The van der Waals surface area contributed by atoms with E-state index >= 15 is 0 Å². The van der Waals surface area contributed by atoms with Gasteiger partial charge in [0, 0.05) is 18.9 Å². The molecule has 2 aliphatic rings. The third-order valence-corrected chi connectivity index (χ3v) is 13.0. The van der Waals surface area contributed by atoms with Crippen molar-refractivity contribution in [1.29, 1.82) is 0 Å². The Hall–Kier alpha value is -5.18. The number of carboxylic acids is 1. The fourth-order valence-corrected chi connectivity index (χ4v) is 9.05. The van der Waals surface area contributed by atoms with E-state index in [4.69, 9.17) is 56.2 Å². The highest BCUT2D eigenvalue weighted by Crippen LogP contribution is 2.38. The first kappa shape index (κ1) is 54.4. The number of esters is 2. The van der Waals surface area contributed by atoms with Crippen molar-refractivity contribution in [2.45, 2.75) is 59.9 Å². The summed E-state index contributed by atoms with van der Waals surface area (Å²) in [6.45, 7) is 1.14. The van der Waals surface area contributed by atoms with E-state index < -0.39 is 98.6 Å². The lowest BCUT2D eigenvalue weighted by molar-refractivity contribution is -0.145. The molecule has 4 aromatic rings. The third kappa shape index (κ3) is 14.2. The van der Waals surface area contributed by atoms with Crippen molar-refractivity contribution >= 4 is 102 Å². The lowest BCUT2D eigenvalue weighted by Gasteiger charge is -2.23. The Balaban J connectivity index is 0.000000253. The number of carbonyl (C=O) groups excluding carboxylic acids is 3. The number of amides is 1. The van der Waals surface area contributed by atoms with Gasteiger partial charge in [-0.2, -0.15) is 26.3 Å². The number of rotatable bonds is 10. The quantitative estimate of drug-likeness (QED) is 0.0876. The van der Waals surface area contributed by atoms with Gasteiger partial charge in [-0.05, 0) is 80.8 Å². The number of nitrogens with one attached hydrogen (secondary N) is 3. The lowest BCUT2D eigenvalue weighted by Crippen LogP contribution is -2.41. The van der Waals surface area contributed by atoms with Crippen LogP contribution in [0.15, 0.2) is 70.7 Å². The average Bonchev–Trinajstić information content (AvgIpc) is 3.97. The second kappa shape index (κ2) is 22.3. The van der Waals surface area contributed by atoms with Crippen LogP contribution in [0.3, 0.4) is 0 Å². The summed E-state index contributed by atoms with van der Waals surface area (Å²) in [4.78, 5) is 53.9. The molecule has 0 radical (unpaired) electrons. The molecule has 0 unspecified atom stereocenters. The minimum absolute atomic E-state index is 0.0324. The van der Waals surface area contributed by atoms with Crippen LogP contribution in [0.4, 0.5) is 37.7 Å². The first-order chi connectivity index (χ1) is 31.1. The van der Waals surface area contributed by atoms with Crippen molar-refractivity contribution in [2.24, 2.45) is 0 Å². The number of carbonyl (C=O) groups is 4. The zero-order valence-electron chi connectivity index (χ0n) is 34.1. The second-order valence-electron chi connectivity index (χ2n) is 13.7. The summed E-state index contributed by atoms with van der Waals surface area (Å²) in [6, 6.07) is 5.15. The number of aromatic nitrogens is 2. The molecule has 2 aromatic heterocycles. The average molecular weight is 1070 g/mol. The fourth-order valence-electron chi connectivity index (χ4n) is 6.11. The standard InChI is InChI=1S/C19H16Cl2F3N3O5S.C13H7Cl2F3N2O4S.C6H11NO2/c1-32-18(29)15-3-2-6-27(15)17(28)16-14(7-10(20)9-25-16)26-33(30,31)11-4-5-13(21)12(8-11)19(22,23)24;14-6-3-10(11(12(21)22)19-5-6)20-25(23,24)7-1-2-9(15)8(4-7)13(16,17)18;1-9-6(8)5-3-2-4-7-5/h4-5,7-9,15,26H,2-3,6H2,1H3;1-5,20H,(H,21,22);5,7H,2-4H2,1H3/t15-;;5-/m0.0/s1. The van der Waals surface area contributed by atoms with Crippen molar-refractivity contribution in [2.75, 3.05) is 36.8 Å². The molecule has 2 fully saturated rings. The zero-order chi connectivity index (χ0) is 50.2. The highest BCUT2D eigenvalue weighted by atomic mass is 35.5. The minimum Gasteiger partial charge on any atom is -0.476 e. The number of hydrogen-bond donors (Lipinski definition) is 4. The van der Waals surface area contributed by atoms with E-state index in [0.29, 0.717) is 25.0 Å². The number of methoxy groups -OCH3 is 2. The predicted molar refractivity (Wildman–Crippen MR) is 229 cm³/mol. The van der Waals surface area contributed by atoms with Crippen molar-refractivity contribution in [3.05, 3.63) is 104 Å². The van der Waals surface area contributed by atoms with Crippen LogP contribution in [0.1, 0.15) is 57.8 Å². The SMILES string of the molecule is COC(=O)[C@@H]1CCCN1.COC(=O)[C@@H]1CCCN1C(=O)c1ncc(Cl)cc1NS(=O)(=O)c1ccc(Cl)c(C(F)(F)F)c1.O=C(O)c1ncc(Cl)cc1NS(=O)(=O)c1ccc(Cl)c(C(F)(F)F)c1. The van der Waals surface area contributed by atoms with Gasteiger partial charge in [0.1, 0.15) is 12.1 Å². The molecule has 4 heterocycles. The summed E-state index contributed by atoms with van der Waals surface area (Å²) in [5, 5.41) is 10.6. The molecule has 0 aliphatic carbocycles. The molecule has 2 atom stereocenters. The minimum atomic E-state index is -4.89. The lowest BCUT2D eigenvalue weighted by atomic mass is 10.2. The van der Waals surface area contributed by atoms with E-state index in [1.165, 1.54) is 19.1 Å². The topological polar surface area (TPSA) is 240 Å². The van der Waals surface area contributed by atoms with E-state index in [-0.39, 0.29) is 40.0 Å². The Bertz CT molecular complexity index is 2750. The predicted octanol–water partition coefficient (Wildman–Crippen LogP) is 7.80. The molecule has 0 saturated carbocycles. The van der Waals surface area contributed by atoms with Gasteiger partial charge in [-0.3, -0.25) is 19.0 Å². The molecule has 67 heavy (non-hydrogen) atoms. The van der Waals surface area contributed by atoms with Gasteiger partial charge in [0.05, 0.1) is 66.6 Å². The number of aromatic carboxylic acids is 1. The molecule has 6 rings (SSSR count). The van der Waals surface area contributed by atoms with E-state index in [9.17, 15) is 62.4 Å². The highest BCUT2D eigenvalue weighted by Gasteiger charge is 2.39. The van der Waals surface area contributed by atoms with Crippen LogP contribution in [-0.2, 0) is 51.5 Å². The monoisotopic (exact) mass is 1070 g/mol. The maximum Gasteiger partial charge on any atom is 0.417 e. The molecule has 4 N–H and O–H groups in total. The summed E-state index contributed by atoms with van der Waals surface area (Å²) in [6.07, 6.45) is -4.82. The normalized spacial score (nSPS) is 16.1. The number of benzene rings is 2. The van der Waals surface area contributed by atoms with Crippen molar-refractivity contribution in [3.8, 4) is 0 Å². The van der Waals surface area contributed by atoms with Crippen molar-refractivity contribution < 1.29 is 76.9 Å². The number of anilines is 2. The van der Waals surface area contributed by atoms with Gasteiger partial charge >= 0.3 is 30.3 Å². The summed E-state index contributed by atoms with van der Waals surface area (Å²) >= 11 is 22.5. The molecule has 2 aliphatic heterocycles. The molecule has 2 aromatic carbocycles. The van der Waals surface area contributed by atoms with Crippen LogP contribution in [0, 0.1) is 0 Å². The number of halogens is 10. The van der Waals surface area contributed by atoms with Gasteiger partial charge in [0.25, 0.3) is 26.0 Å². The van der Waals surface area contributed by atoms with Crippen molar-refractivity contribution in [1.82, 2.24) is 20.2 Å². The van der Waals surface area contributed by atoms with Gasteiger partial charge in [0.2, 0.25) is 0 Å². The number of pyridine rings is 2. The molecular formula is C38H34Cl4F6N6O11S2. The van der Waals surface area contributed by atoms with E-state index in [2.05, 4.69) is 24.7 Å². The van der Waals surface area contributed by atoms with Crippen LogP contribution in [0.5, 0.6) is 0 Å². The number of alkyl halides is 6. The number of sulfonamides is 2. The molecule has 0 bridgehead atoms. The number of nitrogens with zero attached hydrogens (tertiary/aromatic N) is 3. The number of hydrogen-bond acceptors (Lipinski definition) is 13. The number of likely N-dealkylation sites (tertiary alicyclic amines) is 1. The van der Waals surface area contributed by atoms with Gasteiger partial charge in [0.15, 0.2) is 11.4 Å². The number of ether oxygens (including phenoxy) is 2. The molecule has 2 saturated heterocycles. The van der Waals surface area contributed by atoms with E-state index in [0.717, 1.165) is 68.2 Å². The largest absolute Gasteiger partial charge is 0.476 e. The van der Waals surface area contributed by atoms with Crippen LogP contribution in [0.25, 0.3) is 0 Å². The summed E-state index contributed by atoms with van der Waals surface area (Å²) in [5.41, 5.74) is -4.61. The van der Waals surface area contributed by atoms with Gasteiger partial charge in [-0.25, -0.2) is 36.4 Å². The molecule has 1 amide bonds. The zero-order valence-corrected chi connectivity index (χ0v) is 38.8. The second-order valence-corrected chi connectivity index (χ2v) is 18.8. The summed E-state index contributed by atoms with van der Waals surface area (Å²) < 4.78 is 141. The first-order valence-electron chi connectivity index (χ1n) is 18.6. The van der Waals surface area contributed by atoms with Gasteiger partial charge < -0.3 is 24.8 Å². The Morgan fingerprint density at radius 1 is 0.716 bits per heavy atom. The Morgan fingerprint density at radius 2 is 1.18 bits per heavy atom. The Labute approximate surface area is 397 Å². The molecule has 17 nitrogen and oxygen atoms in total. The molecule has 29 heteroatoms. The molecular weight excluding hydrogens is 1040 g/mol. The Morgan fingerprint density at radius 3 is 1.60 bits per heavy atom. The third-order valence-electron chi connectivity index (χ3n) is 9.24. The highest BCUT2D eigenvalue weighted by molar-refractivity contribution is 7.93. The van der Waals surface area contributed by atoms with E-state index in [1.54, 1.807) is 0 Å². The first-order valence-corrected chi connectivity index (χ1v) is 23.1. The van der Waals surface area contributed by atoms with Crippen LogP contribution < -0.4 is 14.8 Å². The fraction of sp³-hybridized carbons (Fsp3) is 0.316. The summed E-state index contributed by atoms with van der Waals surface area (Å²) in [5.74, 6) is -3.10. The summed E-state index contributed by atoms with van der Waals surface area (Å²) in [7, 11) is -6.58. The van der Waals surface area contributed by atoms with Gasteiger partial charge in [-0.15, -0.1) is 0 Å². The number of carboxylic acid groups (broad SMARTS) is 1. The maximum atomic E-state index is 13.2. The molecule has 364 valence electrons. The Kier molecular flexibility index (Phi) is 18.1. The van der Waals surface area contributed by atoms with Crippen molar-refractivity contribution in [3.63, 3.8) is 0 Å². The van der Waals surface area contributed by atoms with E-state index in [1.807, 2.05) is 4.72 Å². The van der Waals surface area contributed by atoms with Gasteiger partial charge in [-0.1, -0.05) is 46.4 Å². The maximum absolute atomic E-state index is 13.2.